The molecule has 0 aromatic rings. The average Bonchev–Trinajstić information content (AvgIpc) is 2.13. The molecule has 0 aromatic heterocycles. The van der Waals surface area contributed by atoms with E-state index in [0.717, 1.165) is 12.8 Å². The van der Waals surface area contributed by atoms with Crippen LogP contribution in [0, 0.1) is 10.1 Å². The second-order valence-corrected chi connectivity index (χ2v) is 4.18. The van der Waals surface area contributed by atoms with Crippen molar-refractivity contribution >= 4 is 6.09 Å². The molecule has 1 saturated heterocycles. The van der Waals surface area contributed by atoms with Crippen molar-refractivity contribution in [2.45, 2.75) is 25.3 Å². The number of carbonyl (C=O) groups excluding carboxylic acids is 1. The van der Waals surface area contributed by atoms with E-state index in [1.165, 1.54) is 4.90 Å². The fraction of sp³-hybridized carbons (Fsp3) is 0.889. The van der Waals surface area contributed by atoms with Gasteiger partial charge in [0.05, 0.1) is 19.7 Å². The lowest BCUT2D eigenvalue weighted by Crippen LogP contribution is -2.71. The molecule has 7 heteroatoms. The van der Waals surface area contributed by atoms with E-state index >= 15 is 0 Å². The highest BCUT2D eigenvalue weighted by molar-refractivity contribution is 5.69. The van der Waals surface area contributed by atoms with Gasteiger partial charge >= 0.3 is 6.09 Å². The summed E-state index contributed by atoms with van der Waals surface area (Å²) in [6.45, 7) is 2.46. The molecule has 1 rings (SSSR count). The number of ether oxygens (including phenoxy) is 1. The summed E-state index contributed by atoms with van der Waals surface area (Å²) in [6.07, 6.45) is 1.34. The summed E-state index contributed by atoms with van der Waals surface area (Å²) < 4.78 is 4.95. The lowest BCUT2D eigenvalue weighted by Gasteiger charge is -2.43. The Bertz CT molecular complexity index is 276. The van der Waals surface area contributed by atoms with Crippen LogP contribution in [-0.4, -0.2) is 47.7 Å². The minimum atomic E-state index is -0.882. The van der Waals surface area contributed by atoms with Crippen molar-refractivity contribution in [2.75, 3.05) is 26.2 Å². The van der Waals surface area contributed by atoms with E-state index in [1.54, 1.807) is 0 Å². The van der Waals surface area contributed by atoms with Crippen molar-refractivity contribution in [2.24, 2.45) is 5.73 Å². The van der Waals surface area contributed by atoms with E-state index in [0.29, 0.717) is 6.61 Å². The molecule has 0 radical (unpaired) electrons. The maximum absolute atomic E-state index is 11.4. The molecule has 1 fully saturated rings. The van der Waals surface area contributed by atoms with Crippen LogP contribution < -0.4 is 5.73 Å². The molecule has 0 saturated carbocycles. The fourth-order valence-electron chi connectivity index (χ4n) is 1.60. The smallest absolute Gasteiger partial charge is 0.409 e. The summed E-state index contributed by atoms with van der Waals surface area (Å²) >= 11 is 0. The third kappa shape index (κ3) is 3.34. The Labute approximate surface area is 93.7 Å². The number of nitrogens with zero attached hydrogens (tertiary/aromatic N) is 2. The molecule has 0 bridgehead atoms. The summed E-state index contributed by atoms with van der Waals surface area (Å²) in [7, 11) is 0. The van der Waals surface area contributed by atoms with Gasteiger partial charge < -0.3 is 15.4 Å². The molecule has 0 spiro atoms. The number of nitro groups is 1. The van der Waals surface area contributed by atoms with Crippen LogP contribution >= 0.6 is 0 Å². The van der Waals surface area contributed by atoms with Crippen LogP contribution in [0.3, 0.4) is 0 Å². The highest BCUT2D eigenvalue weighted by atomic mass is 16.6. The van der Waals surface area contributed by atoms with Crippen molar-refractivity contribution in [3.05, 3.63) is 10.1 Å². The van der Waals surface area contributed by atoms with Crippen LogP contribution in [0.1, 0.15) is 19.8 Å². The van der Waals surface area contributed by atoms with Gasteiger partial charge in [0, 0.05) is 4.92 Å². The highest BCUT2D eigenvalue weighted by Gasteiger charge is 2.46. The average molecular weight is 231 g/mol. The van der Waals surface area contributed by atoms with Gasteiger partial charge in [-0.15, -0.1) is 0 Å². The first-order valence-corrected chi connectivity index (χ1v) is 5.29. The first-order valence-electron chi connectivity index (χ1n) is 5.29. The first-order chi connectivity index (χ1) is 7.47. The van der Waals surface area contributed by atoms with Crippen LogP contribution in [0.4, 0.5) is 4.79 Å². The highest BCUT2D eigenvalue weighted by Crippen LogP contribution is 2.19. The lowest BCUT2D eigenvalue weighted by molar-refractivity contribution is -0.492. The molecule has 0 atom stereocenters. The number of likely N-dealkylation sites (tertiary alicyclic amines) is 1. The van der Waals surface area contributed by atoms with Crippen molar-refractivity contribution in [1.82, 2.24) is 4.90 Å². The number of amides is 1. The normalized spacial score (nSPS) is 17.8. The Morgan fingerprint density at radius 1 is 1.62 bits per heavy atom. The predicted octanol–water partition coefficient (Wildman–Crippen LogP) is 0.213. The van der Waals surface area contributed by atoms with Crippen LogP contribution in [0.25, 0.3) is 0 Å². The molecule has 1 aliphatic rings. The maximum atomic E-state index is 11.4. The van der Waals surface area contributed by atoms with E-state index in [-0.39, 0.29) is 19.6 Å². The third-order valence-corrected chi connectivity index (χ3v) is 2.44. The molecule has 1 aliphatic heterocycles. The summed E-state index contributed by atoms with van der Waals surface area (Å²) in [5.41, 5.74) is 4.81. The second-order valence-electron chi connectivity index (χ2n) is 4.18. The second kappa shape index (κ2) is 5.11. The van der Waals surface area contributed by atoms with Crippen molar-refractivity contribution in [3.8, 4) is 0 Å². The summed E-state index contributed by atoms with van der Waals surface area (Å²) in [6, 6.07) is 0. The minimum Gasteiger partial charge on any atom is -0.449 e. The first kappa shape index (κ1) is 12.7. The Morgan fingerprint density at radius 2 is 2.25 bits per heavy atom. The van der Waals surface area contributed by atoms with E-state index in [4.69, 9.17) is 10.5 Å². The summed E-state index contributed by atoms with van der Waals surface area (Å²) in [5, 5.41) is 10.3. The van der Waals surface area contributed by atoms with Crippen molar-refractivity contribution in [3.63, 3.8) is 0 Å². The minimum absolute atomic E-state index is 0.193. The van der Waals surface area contributed by atoms with Gasteiger partial charge in [0.2, 0.25) is 6.54 Å². The number of unbranched alkanes of at least 4 members (excludes halogenated alkanes) is 1. The largest absolute Gasteiger partial charge is 0.449 e. The third-order valence-electron chi connectivity index (χ3n) is 2.44. The van der Waals surface area contributed by atoms with Gasteiger partial charge in [-0.3, -0.25) is 10.1 Å². The van der Waals surface area contributed by atoms with Gasteiger partial charge in [-0.25, -0.2) is 4.79 Å². The number of rotatable bonds is 5. The zero-order chi connectivity index (χ0) is 12.2. The number of nitrogens with two attached hydrogens (primary N) is 1. The molecular formula is C9H17N3O4. The van der Waals surface area contributed by atoms with Gasteiger partial charge in [-0.1, -0.05) is 13.3 Å². The van der Waals surface area contributed by atoms with Crippen LogP contribution in [0.2, 0.25) is 0 Å². The number of carbonyl (C=O) groups is 1. The molecule has 1 heterocycles. The predicted molar refractivity (Wildman–Crippen MR) is 56.6 cm³/mol. The van der Waals surface area contributed by atoms with Gasteiger partial charge in [0.25, 0.3) is 0 Å². The molecule has 0 aliphatic carbocycles. The molecule has 92 valence electrons. The monoisotopic (exact) mass is 231 g/mol. The molecule has 0 aromatic carbocycles. The zero-order valence-corrected chi connectivity index (χ0v) is 9.35. The Balaban J connectivity index is 2.24. The Kier molecular flexibility index (Phi) is 4.05. The van der Waals surface area contributed by atoms with Gasteiger partial charge in [-0.2, -0.15) is 0 Å². The molecule has 2 N–H and O–H groups in total. The molecule has 1 amide bonds. The molecule has 0 unspecified atom stereocenters. The van der Waals surface area contributed by atoms with E-state index in [2.05, 4.69) is 0 Å². The molecule has 7 nitrogen and oxygen atoms in total. The Morgan fingerprint density at radius 3 is 2.75 bits per heavy atom. The van der Waals surface area contributed by atoms with Gasteiger partial charge in [0.1, 0.15) is 5.54 Å². The SMILES string of the molecule is CCCCOC(=O)N1CC(N)(C[N+](=O)[O-])C1. The quantitative estimate of drug-likeness (QED) is 0.414. The van der Waals surface area contributed by atoms with E-state index in [1.807, 2.05) is 6.92 Å². The summed E-state index contributed by atoms with van der Waals surface area (Å²) in [5.74, 6) is 0. The van der Waals surface area contributed by atoms with Crippen LogP contribution in [-0.2, 0) is 4.74 Å². The molecule has 16 heavy (non-hydrogen) atoms. The Hall–Kier alpha value is -1.37. The topological polar surface area (TPSA) is 98.7 Å². The number of hydrogen-bond donors (Lipinski definition) is 1. The standard InChI is InChI=1S/C9H17N3O4/c1-2-3-4-16-8(13)11-5-9(10,6-11)7-12(14)15/h2-7,10H2,1H3. The van der Waals surface area contributed by atoms with Crippen LogP contribution in [0.15, 0.2) is 0 Å². The van der Waals surface area contributed by atoms with E-state index in [9.17, 15) is 14.9 Å². The summed E-state index contributed by atoms with van der Waals surface area (Å²) in [4.78, 5) is 22.6. The lowest BCUT2D eigenvalue weighted by atomic mass is 9.92. The van der Waals surface area contributed by atoms with Crippen molar-refractivity contribution < 1.29 is 14.5 Å². The van der Waals surface area contributed by atoms with Crippen molar-refractivity contribution in [1.29, 1.82) is 0 Å². The molecular weight excluding hydrogens is 214 g/mol. The number of hydrogen-bond acceptors (Lipinski definition) is 5. The maximum Gasteiger partial charge on any atom is 0.409 e. The van der Waals surface area contributed by atoms with Gasteiger partial charge in [-0.05, 0) is 6.42 Å². The van der Waals surface area contributed by atoms with Gasteiger partial charge in [0.15, 0.2) is 0 Å². The fourth-order valence-corrected chi connectivity index (χ4v) is 1.60. The zero-order valence-electron chi connectivity index (χ0n) is 9.35. The van der Waals surface area contributed by atoms with E-state index < -0.39 is 16.6 Å². The van der Waals surface area contributed by atoms with Crippen LogP contribution in [0.5, 0.6) is 0 Å².